The molecule has 0 aliphatic carbocycles. The van der Waals surface area contributed by atoms with E-state index < -0.39 is 0 Å². The molecule has 0 bridgehead atoms. The maximum absolute atomic E-state index is 7.00. The zero-order valence-corrected chi connectivity index (χ0v) is 7.86. The van der Waals surface area contributed by atoms with Crippen molar-refractivity contribution in [3.63, 3.8) is 0 Å². The van der Waals surface area contributed by atoms with Gasteiger partial charge in [0.25, 0.3) is 0 Å². The van der Waals surface area contributed by atoms with E-state index in [4.69, 9.17) is 5.11 Å². The molecule has 0 saturated carbocycles. The first-order chi connectivity index (χ1) is 6.36. The minimum Gasteiger partial charge on any atom is -0.400 e. The van der Waals surface area contributed by atoms with Gasteiger partial charge in [-0.3, -0.25) is 4.98 Å². The third kappa shape index (κ3) is 2.26. The van der Waals surface area contributed by atoms with Crippen LogP contribution in [0.5, 0.6) is 0 Å². The van der Waals surface area contributed by atoms with Crippen LogP contribution < -0.4 is 0 Å². The lowest BCUT2D eigenvalue weighted by Gasteiger charge is -1.95. The fraction of sp³-hybridized carbons (Fsp3) is 0.182. The molecule has 1 aromatic carbocycles. The van der Waals surface area contributed by atoms with Crippen LogP contribution in [0.15, 0.2) is 36.5 Å². The lowest BCUT2D eigenvalue weighted by molar-refractivity contribution is 0.399. The van der Waals surface area contributed by atoms with Gasteiger partial charge in [-0.2, -0.15) is 0 Å². The Morgan fingerprint density at radius 2 is 1.92 bits per heavy atom. The number of benzene rings is 1. The molecule has 1 N–H and O–H groups in total. The fourth-order valence-corrected chi connectivity index (χ4v) is 1.20. The summed E-state index contributed by atoms with van der Waals surface area (Å²) < 4.78 is 0. The molecule has 0 atom stereocenters. The summed E-state index contributed by atoms with van der Waals surface area (Å²) in [5.74, 6) is 0. The van der Waals surface area contributed by atoms with Crippen molar-refractivity contribution in [1.82, 2.24) is 4.98 Å². The van der Waals surface area contributed by atoms with Gasteiger partial charge in [-0.15, -0.1) is 0 Å². The van der Waals surface area contributed by atoms with Crippen molar-refractivity contribution in [3.8, 4) is 0 Å². The summed E-state index contributed by atoms with van der Waals surface area (Å²) in [6.07, 6.45) is 1.82. The van der Waals surface area contributed by atoms with Gasteiger partial charge in [-0.1, -0.05) is 17.7 Å². The van der Waals surface area contributed by atoms with Gasteiger partial charge < -0.3 is 5.11 Å². The Kier molecular flexibility index (Phi) is 3.41. The van der Waals surface area contributed by atoms with Crippen molar-refractivity contribution in [2.24, 2.45) is 0 Å². The Morgan fingerprint density at radius 3 is 2.69 bits per heavy atom. The second-order valence-electron chi connectivity index (χ2n) is 2.70. The van der Waals surface area contributed by atoms with Gasteiger partial charge in [-0.25, -0.2) is 0 Å². The van der Waals surface area contributed by atoms with Crippen molar-refractivity contribution >= 4 is 10.9 Å². The van der Waals surface area contributed by atoms with E-state index in [9.17, 15) is 0 Å². The van der Waals surface area contributed by atoms with Crippen LogP contribution in [0.3, 0.4) is 0 Å². The zero-order chi connectivity index (χ0) is 9.68. The Hall–Kier alpha value is -1.41. The predicted octanol–water partition coefficient (Wildman–Crippen LogP) is 2.15. The number of aromatic nitrogens is 1. The van der Waals surface area contributed by atoms with E-state index in [-0.39, 0.29) is 0 Å². The number of aliphatic hydroxyl groups is 1. The quantitative estimate of drug-likeness (QED) is 0.665. The molecular weight excluding hydrogens is 162 g/mol. The van der Waals surface area contributed by atoms with Gasteiger partial charge >= 0.3 is 0 Å². The van der Waals surface area contributed by atoms with Crippen LogP contribution in [0.25, 0.3) is 10.9 Å². The first-order valence-electron chi connectivity index (χ1n) is 4.12. The fourth-order valence-electron chi connectivity index (χ4n) is 1.20. The van der Waals surface area contributed by atoms with Gasteiger partial charge in [0.1, 0.15) is 0 Å². The van der Waals surface area contributed by atoms with Crippen molar-refractivity contribution in [1.29, 1.82) is 0 Å². The molecule has 0 aliphatic rings. The monoisotopic (exact) mass is 175 g/mol. The van der Waals surface area contributed by atoms with E-state index in [2.05, 4.69) is 30.1 Å². The molecule has 2 heteroatoms. The van der Waals surface area contributed by atoms with E-state index in [1.807, 2.05) is 18.3 Å². The lowest BCUT2D eigenvalue weighted by atomic mass is 10.1. The van der Waals surface area contributed by atoms with Crippen LogP contribution in [0, 0.1) is 6.92 Å². The Morgan fingerprint density at radius 1 is 1.15 bits per heavy atom. The summed E-state index contributed by atoms with van der Waals surface area (Å²) in [5, 5.41) is 8.22. The number of hydrogen-bond acceptors (Lipinski definition) is 2. The van der Waals surface area contributed by atoms with Gasteiger partial charge in [0.05, 0.1) is 5.52 Å². The number of rotatable bonds is 0. The number of fused-ring (bicyclic) bond motifs is 1. The number of nitrogens with zero attached hydrogens (tertiary/aromatic N) is 1. The Labute approximate surface area is 77.9 Å². The normalized spacial score (nSPS) is 9.15. The minimum atomic E-state index is 1.00. The topological polar surface area (TPSA) is 33.1 Å². The molecule has 0 spiro atoms. The van der Waals surface area contributed by atoms with Crippen molar-refractivity contribution in [3.05, 3.63) is 42.1 Å². The van der Waals surface area contributed by atoms with Crippen LogP contribution in [0.2, 0.25) is 0 Å². The smallest absolute Gasteiger partial charge is 0.0702 e. The summed E-state index contributed by atoms with van der Waals surface area (Å²) in [4.78, 5) is 4.22. The summed E-state index contributed by atoms with van der Waals surface area (Å²) in [5.41, 5.74) is 2.35. The number of aryl methyl sites for hydroxylation is 1. The zero-order valence-electron chi connectivity index (χ0n) is 7.86. The summed E-state index contributed by atoms with van der Waals surface area (Å²) >= 11 is 0. The summed E-state index contributed by atoms with van der Waals surface area (Å²) in [7, 11) is 1.00. The standard InChI is InChI=1S/C10H9N.CH4O/c1-8-4-5-10-9(7-8)3-2-6-11-10;1-2/h2-7H,1H3;2H,1H3. The number of aliphatic hydroxyl groups excluding tert-OH is 1. The van der Waals surface area contributed by atoms with E-state index in [0.717, 1.165) is 12.6 Å². The number of pyridine rings is 1. The maximum atomic E-state index is 7.00. The highest BCUT2D eigenvalue weighted by atomic mass is 16.2. The largest absolute Gasteiger partial charge is 0.400 e. The van der Waals surface area contributed by atoms with Gasteiger partial charge in [0, 0.05) is 18.7 Å². The number of hydrogen-bond donors (Lipinski definition) is 1. The molecule has 2 nitrogen and oxygen atoms in total. The summed E-state index contributed by atoms with van der Waals surface area (Å²) in [6.45, 7) is 2.09. The van der Waals surface area contributed by atoms with Gasteiger partial charge in [-0.05, 0) is 25.1 Å². The first kappa shape index (κ1) is 9.68. The Balaban J connectivity index is 0.000000396. The molecule has 68 valence electrons. The molecule has 0 aliphatic heterocycles. The molecule has 0 amide bonds. The van der Waals surface area contributed by atoms with E-state index >= 15 is 0 Å². The molecule has 0 radical (unpaired) electrons. The minimum absolute atomic E-state index is 1.00. The molecule has 13 heavy (non-hydrogen) atoms. The summed E-state index contributed by atoms with van der Waals surface area (Å²) in [6, 6.07) is 10.3. The van der Waals surface area contributed by atoms with Crippen molar-refractivity contribution in [2.75, 3.05) is 7.11 Å². The SMILES string of the molecule is CO.Cc1ccc2ncccc2c1. The second kappa shape index (κ2) is 4.58. The molecule has 0 saturated heterocycles. The van der Waals surface area contributed by atoms with E-state index in [1.165, 1.54) is 10.9 Å². The predicted molar refractivity (Wildman–Crippen MR) is 54.6 cm³/mol. The highest BCUT2D eigenvalue weighted by Gasteiger charge is 1.90. The first-order valence-corrected chi connectivity index (χ1v) is 4.12. The maximum Gasteiger partial charge on any atom is 0.0702 e. The van der Waals surface area contributed by atoms with Crippen molar-refractivity contribution < 1.29 is 5.11 Å². The van der Waals surface area contributed by atoms with Crippen LogP contribution in [0.4, 0.5) is 0 Å². The average Bonchev–Trinajstić information content (AvgIpc) is 2.21. The highest BCUT2D eigenvalue weighted by molar-refractivity contribution is 5.78. The van der Waals surface area contributed by atoms with Crippen LogP contribution in [-0.2, 0) is 0 Å². The third-order valence-electron chi connectivity index (χ3n) is 1.76. The Bertz CT molecular complexity index is 385. The second-order valence-corrected chi connectivity index (χ2v) is 2.70. The molecule has 1 heterocycles. The molecular formula is C11H13NO. The van der Waals surface area contributed by atoms with E-state index in [1.54, 1.807) is 0 Å². The average molecular weight is 175 g/mol. The lowest BCUT2D eigenvalue weighted by Crippen LogP contribution is -1.77. The molecule has 2 rings (SSSR count). The highest BCUT2D eigenvalue weighted by Crippen LogP contribution is 2.11. The van der Waals surface area contributed by atoms with Crippen LogP contribution in [-0.4, -0.2) is 17.2 Å². The van der Waals surface area contributed by atoms with Crippen LogP contribution in [0.1, 0.15) is 5.56 Å². The molecule has 1 aromatic heterocycles. The van der Waals surface area contributed by atoms with Gasteiger partial charge in [0.2, 0.25) is 0 Å². The van der Waals surface area contributed by atoms with E-state index in [0.29, 0.717) is 0 Å². The van der Waals surface area contributed by atoms with Crippen LogP contribution >= 0.6 is 0 Å². The van der Waals surface area contributed by atoms with Gasteiger partial charge in [0.15, 0.2) is 0 Å². The molecule has 0 fully saturated rings. The molecule has 0 unspecified atom stereocenters. The van der Waals surface area contributed by atoms with Crippen molar-refractivity contribution in [2.45, 2.75) is 6.92 Å². The molecule has 2 aromatic rings. The third-order valence-corrected chi connectivity index (χ3v) is 1.76.